The van der Waals surface area contributed by atoms with Crippen LogP contribution in [0, 0.1) is 5.92 Å². The molecule has 6 nitrogen and oxygen atoms in total. The van der Waals surface area contributed by atoms with Gasteiger partial charge in [0.2, 0.25) is 0 Å². The Kier molecular flexibility index (Phi) is 3.96. The first kappa shape index (κ1) is 16.1. The number of nitrogens with two attached hydrogens (primary N) is 2. The largest absolute Gasteiger partial charge is 0.396 e. The van der Waals surface area contributed by atoms with Crippen molar-refractivity contribution in [3.8, 4) is 0 Å². The van der Waals surface area contributed by atoms with E-state index in [0.29, 0.717) is 10.9 Å². The summed E-state index contributed by atoms with van der Waals surface area (Å²) in [6.07, 6.45) is 2.22. The van der Waals surface area contributed by atoms with Crippen LogP contribution >= 0.6 is 11.3 Å². The van der Waals surface area contributed by atoms with Gasteiger partial charge in [-0.1, -0.05) is 6.92 Å². The van der Waals surface area contributed by atoms with Gasteiger partial charge in [-0.25, -0.2) is 8.42 Å². The van der Waals surface area contributed by atoms with Crippen LogP contribution in [0.2, 0.25) is 0 Å². The lowest BCUT2D eigenvalue weighted by atomic mass is 9.99. The van der Waals surface area contributed by atoms with Crippen molar-refractivity contribution in [2.24, 2.45) is 11.7 Å². The number of nitrogen functional groups attached to an aromatic ring is 1. The quantitative estimate of drug-likeness (QED) is 0.735. The minimum Gasteiger partial charge on any atom is -0.396 e. The molecule has 1 aromatic heterocycles. The van der Waals surface area contributed by atoms with Crippen molar-refractivity contribution < 1.29 is 13.2 Å². The summed E-state index contributed by atoms with van der Waals surface area (Å²) in [6, 6.07) is 0. The highest BCUT2D eigenvalue weighted by Crippen LogP contribution is 2.45. The number of amides is 1. The minimum atomic E-state index is -3.53. The number of anilines is 2. The molecule has 1 aromatic rings. The smallest absolute Gasteiger partial charge is 0.261 e. The summed E-state index contributed by atoms with van der Waals surface area (Å²) in [4.78, 5) is 11.5. The normalized spacial score (nSPS) is 16.0. The van der Waals surface area contributed by atoms with Crippen molar-refractivity contribution in [2.75, 3.05) is 16.8 Å². The number of primary amides is 1. The van der Waals surface area contributed by atoms with Crippen molar-refractivity contribution in [1.82, 2.24) is 0 Å². The van der Waals surface area contributed by atoms with Crippen LogP contribution in [-0.2, 0) is 9.84 Å². The Morgan fingerprint density at radius 1 is 1.43 bits per heavy atom. The number of hydrogen-bond acceptors (Lipinski definition) is 6. The van der Waals surface area contributed by atoms with Crippen molar-refractivity contribution in [3.05, 3.63) is 4.88 Å². The SMILES string of the molecule is CCS(=O)(=O)c1c(NC(C)(C)C2CC2)sc(C(N)=O)c1N. The molecule has 118 valence electrons. The van der Waals surface area contributed by atoms with Gasteiger partial charge in [-0.05, 0) is 32.6 Å². The fourth-order valence-electron chi connectivity index (χ4n) is 2.35. The topological polar surface area (TPSA) is 115 Å². The molecule has 0 atom stereocenters. The number of carbonyl (C=O) groups is 1. The number of sulfone groups is 1. The summed E-state index contributed by atoms with van der Waals surface area (Å²) in [6.45, 7) is 5.59. The van der Waals surface area contributed by atoms with Gasteiger partial charge in [-0.2, -0.15) is 0 Å². The average molecular weight is 331 g/mol. The molecule has 0 spiro atoms. The van der Waals surface area contributed by atoms with E-state index in [0.717, 1.165) is 24.2 Å². The second-order valence-electron chi connectivity index (χ2n) is 5.89. The molecule has 0 unspecified atom stereocenters. The van der Waals surface area contributed by atoms with E-state index in [1.54, 1.807) is 6.92 Å². The van der Waals surface area contributed by atoms with Gasteiger partial charge < -0.3 is 16.8 Å². The molecule has 0 bridgehead atoms. The highest BCUT2D eigenvalue weighted by Gasteiger charge is 2.39. The highest BCUT2D eigenvalue weighted by atomic mass is 32.2. The highest BCUT2D eigenvalue weighted by molar-refractivity contribution is 7.92. The van der Waals surface area contributed by atoms with Crippen LogP contribution in [0.5, 0.6) is 0 Å². The van der Waals surface area contributed by atoms with Crippen LogP contribution in [0.4, 0.5) is 10.7 Å². The zero-order valence-electron chi connectivity index (χ0n) is 12.4. The fraction of sp³-hybridized carbons (Fsp3) is 0.615. The Morgan fingerprint density at radius 3 is 2.43 bits per heavy atom. The molecule has 0 aromatic carbocycles. The lowest BCUT2D eigenvalue weighted by molar-refractivity contribution is 0.100. The van der Waals surface area contributed by atoms with E-state index in [9.17, 15) is 13.2 Å². The van der Waals surface area contributed by atoms with Crippen LogP contribution in [0.3, 0.4) is 0 Å². The van der Waals surface area contributed by atoms with Crippen LogP contribution in [0.15, 0.2) is 4.90 Å². The van der Waals surface area contributed by atoms with E-state index in [1.807, 2.05) is 13.8 Å². The van der Waals surface area contributed by atoms with Gasteiger partial charge >= 0.3 is 0 Å². The molecule has 1 saturated carbocycles. The monoisotopic (exact) mass is 331 g/mol. The van der Waals surface area contributed by atoms with Gasteiger partial charge in [0.15, 0.2) is 9.84 Å². The molecular formula is C13H21N3O3S2. The second-order valence-corrected chi connectivity index (χ2v) is 9.13. The Labute approximate surface area is 128 Å². The van der Waals surface area contributed by atoms with Gasteiger partial charge in [0, 0.05) is 5.54 Å². The Balaban J connectivity index is 2.53. The molecule has 0 radical (unpaired) electrons. The van der Waals surface area contributed by atoms with Gasteiger partial charge in [0.05, 0.1) is 11.4 Å². The molecule has 2 rings (SSSR count). The zero-order valence-corrected chi connectivity index (χ0v) is 14.0. The maximum absolute atomic E-state index is 12.3. The number of carbonyl (C=O) groups excluding carboxylic acids is 1. The summed E-state index contributed by atoms with van der Waals surface area (Å²) in [7, 11) is -3.53. The van der Waals surface area contributed by atoms with Crippen molar-refractivity contribution in [3.63, 3.8) is 0 Å². The van der Waals surface area contributed by atoms with Crippen molar-refractivity contribution in [2.45, 2.75) is 44.0 Å². The predicted octanol–water partition coefficient (Wildman–Crippen LogP) is 1.82. The number of hydrogen-bond donors (Lipinski definition) is 3. The van der Waals surface area contributed by atoms with E-state index in [4.69, 9.17) is 11.5 Å². The van der Waals surface area contributed by atoms with E-state index < -0.39 is 15.7 Å². The maximum atomic E-state index is 12.3. The molecule has 1 aliphatic carbocycles. The predicted molar refractivity (Wildman–Crippen MR) is 85.4 cm³/mol. The third-order valence-corrected chi connectivity index (χ3v) is 6.92. The molecule has 1 aliphatic rings. The summed E-state index contributed by atoms with van der Waals surface area (Å²) in [5.74, 6) is -0.289. The number of rotatable bonds is 6. The zero-order chi connectivity index (χ0) is 16.0. The first-order valence-corrected chi connectivity index (χ1v) is 9.30. The average Bonchev–Trinajstić information content (AvgIpc) is 3.15. The van der Waals surface area contributed by atoms with E-state index in [2.05, 4.69) is 5.32 Å². The standard InChI is InChI=1S/C13H21N3O3S2/c1-4-21(18,19)10-8(14)9(11(15)17)20-12(10)16-13(2,3)7-5-6-7/h7,16H,4-6,14H2,1-3H3,(H2,15,17). The molecule has 21 heavy (non-hydrogen) atoms. The molecule has 8 heteroatoms. The van der Waals surface area contributed by atoms with Crippen LogP contribution < -0.4 is 16.8 Å². The second kappa shape index (κ2) is 5.17. The van der Waals surface area contributed by atoms with E-state index >= 15 is 0 Å². The molecule has 1 amide bonds. The van der Waals surface area contributed by atoms with Gasteiger partial charge in [-0.15, -0.1) is 11.3 Å². The number of nitrogens with one attached hydrogen (secondary N) is 1. The summed E-state index contributed by atoms with van der Waals surface area (Å²) >= 11 is 1.02. The first-order valence-electron chi connectivity index (χ1n) is 6.83. The molecule has 5 N–H and O–H groups in total. The summed E-state index contributed by atoms with van der Waals surface area (Å²) < 4.78 is 24.6. The molecule has 1 fully saturated rings. The Morgan fingerprint density at radius 2 is 2.00 bits per heavy atom. The third-order valence-electron chi connectivity index (χ3n) is 3.85. The lowest BCUT2D eigenvalue weighted by Gasteiger charge is -2.27. The Hall–Kier alpha value is -1.28. The van der Waals surface area contributed by atoms with Crippen LogP contribution in [-0.4, -0.2) is 25.6 Å². The van der Waals surface area contributed by atoms with Gasteiger partial charge in [-0.3, -0.25) is 4.79 Å². The minimum absolute atomic E-state index is 0.0116. The van der Waals surface area contributed by atoms with Crippen molar-refractivity contribution in [1.29, 1.82) is 0 Å². The third kappa shape index (κ3) is 3.01. The van der Waals surface area contributed by atoms with Crippen LogP contribution in [0.1, 0.15) is 43.3 Å². The van der Waals surface area contributed by atoms with Gasteiger partial charge in [0.25, 0.3) is 5.91 Å². The van der Waals surface area contributed by atoms with Crippen molar-refractivity contribution >= 4 is 37.8 Å². The van der Waals surface area contributed by atoms with Crippen LogP contribution in [0.25, 0.3) is 0 Å². The number of thiophene rings is 1. The molecular weight excluding hydrogens is 310 g/mol. The lowest BCUT2D eigenvalue weighted by Crippen LogP contribution is -2.33. The fourth-order valence-corrected chi connectivity index (χ4v) is 5.01. The Bertz CT molecular complexity index is 673. The molecule has 1 heterocycles. The van der Waals surface area contributed by atoms with Gasteiger partial charge in [0.1, 0.15) is 14.8 Å². The van der Waals surface area contributed by atoms with E-state index in [1.165, 1.54) is 0 Å². The maximum Gasteiger partial charge on any atom is 0.261 e. The molecule has 0 aliphatic heterocycles. The molecule has 0 saturated heterocycles. The first-order chi connectivity index (χ1) is 9.60. The summed E-state index contributed by atoms with van der Waals surface area (Å²) in [5, 5.41) is 3.67. The summed E-state index contributed by atoms with van der Waals surface area (Å²) in [5.41, 5.74) is 10.9. The van der Waals surface area contributed by atoms with E-state index in [-0.39, 0.29) is 26.8 Å².